The van der Waals surface area contributed by atoms with Crippen molar-refractivity contribution in [2.24, 2.45) is 0 Å². The minimum atomic E-state index is -0.565. The second kappa shape index (κ2) is 6.89. The van der Waals surface area contributed by atoms with Gasteiger partial charge in [0, 0.05) is 6.54 Å². The lowest BCUT2D eigenvalue weighted by Gasteiger charge is -2.27. The summed E-state index contributed by atoms with van der Waals surface area (Å²) in [5, 5.41) is 2.81. The Hall–Kier alpha value is -2.24. The number of urea groups is 1. The van der Waals surface area contributed by atoms with E-state index in [1.807, 2.05) is 32.9 Å². The number of carbonyl (C=O) groups excluding carboxylic acids is 2. The standard InChI is InChI=1S/C17H24N2O4/c1-17(2,3)23-15(20)13-9-7-11-19(13)16(21)18-12-8-5-6-10-14(12)22-4/h5-6,8,10,13H,7,9,11H2,1-4H3,(H,18,21)/t13-/m0/s1. The maximum absolute atomic E-state index is 12.5. The fourth-order valence-corrected chi connectivity index (χ4v) is 2.56. The summed E-state index contributed by atoms with van der Waals surface area (Å²) in [5.74, 6) is 0.221. The Bertz CT molecular complexity index is 580. The second-order valence-corrected chi connectivity index (χ2v) is 6.52. The molecule has 1 saturated heterocycles. The predicted octanol–water partition coefficient (Wildman–Crippen LogP) is 3.03. The number of anilines is 1. The van der Waals surface area contributed by atoms with Crippen molar-refractivity contribution in [1.82, 2.24) is 4.90 Å². The van der Waals surface area contributed by atoms with E-state index in [0.29, 0.717) is 24.4 Å². The Morgan fingerprint density at radius 1 is 1.26 bits per heavy atom. The van der Waals surface area contributed by atoms with Crippen LogP contribution in [0.1, 0.15) is 33.6 Å². The molecule has 0 saturated carbocycles. The number of carbonyl (C=O) groups is 2. The van der Waals surface area contributed by atoms with Gasteiger partial charge in [-0.3, -0.25) is 0 Å². The fourth-order valence-electron chi connectivity index (χ4n) is 2.56. The number of benzene rings is 1. The first-order valence-corrected chi connectivity index (χ1v) is 7.75. The van der Waals surface area contributed by atoms with Gasteiger partial charge < -0.3 is 19.7 Å². The van der Waals surface area contributed by atoms with Gasteiger partial charge in [-0.15, -0.1) is 0 Å². The lowest BCUT2D eigenvalue weighted by Crippen LogP contribution is -2.45. The fraction of sp³-hybridized carbons (Fsp3) is 0.529. The van der Waals surface area contributed by atoms with Crippen molar-refractivity contribution in [2.45, 2.75) is 45.3 Å². The van der Waals surface area contributed by atoms with E-state index in [1.165, 1.54) is 4.90 Å². The number of likely N-dealkylation sites (tertiary alicyclic amines) is 1. The summed E-state index contributed by atoms with van der Waals surface area (Å²) in [6.07, 6.45) is 1.40. The van der Waals surface area contributed by atoms with Gasteiger partial charge in [0.15, 0.2) is 0 Å². The highest BCUT2D eigenvalue weighted by Crippen LogP contribution is 2.26. The maximum atomic E-state index is 12.5. The number of esters is 1. The van der Waals surface area contributed by atoms with Gasteiger partial charge in [0.25, 0.3) is 0 Å². The molecule has 1 aliphatic heterocycles. The molecule has 1 atom stereocenters. The van der Waals surface area contributed by atoms with Gasteiger partial charge in [-0.2, -0.15) is 0 Å². The Balaban J connectivity index is 2.07. The van der Waals surface area contributed by atoms with Crippen molar-refractivity contribution in [3.05, 3.63) is 24.3 Å². The number of nitrogens with zero attached hydrogens (tertiary/aromatic N) is 1. The zero-order chi connectivity index (χ0) is 17.0. The lowest BCUT2D eigenvalue weighted by atomic mass is 10.1. The lowest BCUT2D eigenvalue weighted by molar-refractivity contribution is -0.159. The molecule has 1 N–H and O–H groups in total. The summed E-state index contributed by atoms with van der Waals surface area (Å²) in [6, 6.07) is 6.31. The average Bonchev–Trinajstić information content (AvgIpc) is 2.95. The number of para-hydroxylation sites is 2. The first-order chi connectivity index (χ1) is 10.8. The summed E-state index contributed by atoms with van der Waals surface area (Å²) in [5.41, 5.74) is 0.0135. The minimum absolute atomic E-state index is 0.317. The Morgan fingerprint density at radius 2 is 1.96 bits per heavy atom. The molecule has 2 amide bonds. The molecule has 23 heavy (non-hydrogen) atoms. The SMILES string of the molecule is COc1ccccc1NC(=O)N1CCC[C@H]1C(=O)OC(C)(C)C. The molecule has 2 rings (SSSR count). The van der Waals surface area contributed by atoms with Gasteiger partial charge in [-0.1, -0.05) is 12.1 Å². The molecule has 0 bridgehead atoms. The Labute approximate surface area is 136 Å². The largest absolute Gasteiger partial charge is 0.495 e. The van der Waals surface area contributed by atoms with E-state index in [4.69, 9.17) is 9.47 Å². The normalized spacial score (nSPS) is 17.7. The van der Waals surface area contributed by atoms with E-state index in [9.17, 15) is 9.59 Å². The molecule has 1 heterocycles. The summed E-state index contributed by atoms with van der Waals surface area (Å²) in [7, 11) is 1.55. The molecular weight excluding hydrogens is 296 g/mol. The minimum Gasteiger partial charge on any atom is -0.495 e. The van der Waals surface area contributed by atoms with Crippen molar-refractivity contribution in [3.8, 4) is 5.75 Å². The van der Waals surface area contributed by atoms with Crippen molar-refractivity contribution < 1.29 is 19.1 Å². The molecule has 0 aromatic heterocycles. The highest BCUT2D eigenvalue weighted by atomic mass is 16.6. The highest BCUT2D eigenvalue weighted by molar-refractivity contribution is 5.94. The van der Waals surface area contributed by atoms with Crippen LogP contribution in [0.3, 0.4) is 0 Å². The third-order valence-electron chi connectivity index (χ3n) is 3.54. The van der Waals surface area contributed by atoms with E-state index in [1.54, 1.807) is 19.2 Å². The molecule has 0 unspecified atom stereocenters. The van der Waals surface area contributed by atoms with E-state index in [-0.39, 0.29) is 12.0 Å². The number of hydrogen-bond donors (Lipinski definition) is 1. The van der Waals surface area contributed by atoms with Gasteiger partial charge in [0.1, 0.15) is 17.4 Å². The van der Waals surface area contributed by atoms with Gasteiger partial charge in [-0.25, -0.2) is 9.59 Å². The Kier molecular flexibility index (Phi) is 5.13. The average molecular weight is 320 g/mol. The topological polar surface area (TPSA) is 67.9 Å². The van der Waals surface area contributed by atoms with Crippen LogP contribution in [0.4, 0.5) is 10.5 Å². The number of amides is 2. The van der Waals surface area contributed by atoms with Gasteiger partial charge >= 0.3 is 12.0 Å². The van der Waals surface area contributed by atoms with Gasteiger partial charge in [-0.05, 0) is 45.7 Å². The van der Waals surface area contributed by atoms with Crippen LogP contribution >= 0.6 is 0 Å². The molecule has 6 heteroatoms. The first-order valence-electron chi connectivity index (χ1n) is 7.75. The molecule has 126 valence electrons. The summed E-state index contributed by atoms with van der Waals surface area (Å²) >= 11 is 0. The molecule has 6 nitrogen and oxygen atoms in total. The van der Waals surface area contributed by atoms with Crippen LogP contribution in [-0.2, 0) is 9.53 Å². The summed E-state index contributed by atoms with van der Waals surface area (Å²) < 4.78 is 10.6. The van der Waals surface area contributed by atoms with Crippen LogP contribution in [0.15, 0.2) is 24.3 Å². The Morgan fingerprint density at radius 3 is 2.61 bits per heavy atom. The summed E-state index contributed by atoms with van der Waals surface area (Å²) in [4.78, 5) is 26.3. The van der Waals surface area contributed by atoms with Gasteiger partial charge in [0.2, 0.25) is 0 Å². The van der Waals surface area contributed by atoms with Crippen LogP contribution in [0.25, 0.3) is 0 Å². The van der Waals surface area contributed by atoms with Gasteiger partial charge in [0.05, 0.1) is 12.8 Å². The molecule has 1 aromatic rings. The molecule has 0 radical (unpaired) electrons. The highest BCUT2D eigenvalue weighted by Gasteiger charge is 2.37. The zero-order valence-electron chi connectivity index (χ0n) is 14.1. The zero-order valence-corrected chi connectivity index (χ0v) is 14.1. The van der Waals surface area contributed by atoms with E-state index < -0.39 is 11.6 Å². The van der Waals surface area contributed by atoms with Crippen molar-refractivity contribution >= 4 is 17.7 Å². The molecule has 0 aliphatic carbocycles. The molecular formula is C17H24N2O4. The second-order valence-electron chi connectivity index (χ2n) is 6.52. The third kappa shape index (κ3) is 4.37. The third-order valence-corrected chi connectivity index (χ3v) is 3.54. The number of nitrogens with one attached hydrogen (secondary N) is 1. The van der Waals surface area contributed by atoms with Crippen LogP contribution in [-0.4, -0.2) is 42.2 Å². The van der Waals surface area contributed by atoms with Crippen molar-refractivity contribution in [2.75, 3.05) is 19.0 Å². The number of hydrogen-bond acceptors (Lipinski definition) is 4. The smallest absolute Gasteiger partial charge is 0.329 e. The molecule has 0 spiro atoms. The van der Waals surface area contributed by atoms with Crippen LogP contribution in [0.5, 0.6) is 5.75 Å². The van der Waals surface area contributed by atoms with Crippen LogP contribution < -0.4 is 10.1 Å². The molecule has 1 aromatic carbocycles. The van der Waals surface area contributed by atoms with E-state index >= 15 is 0 Å². The predicted molar refractivity (Wildman–Crippen MR) is 87.6 cm³/mol. The van der Waals surface area contributed by atoms with E-state index in [0.717, 1.165) is 6.42 Å². The van der Waals surface area contributed by atoms with Crippen molar-refractivity contribution in [1.29, 1.82) is 0 Å². The number of ether oxygens (including phenoxy) is 2. The number of methoxy groups -OCH3 is 1. The summed E-state index contributed by atoms with van der Waals surface area (Å²) in [6.45, 7) is 5.99. The maximum Gasteiger partial charge on any atom is 0.329 e. The van der Waals surface area contributed by atoms with E-state index in [2.05, 4.69) is 5.32 Å². The molecule has 1 aliphatic rings. The van der Waals surface area contributed by atoms with Crippen LogP contribution in [0.2, 0.25) is 0 Å². The van der Waals surface area contributed by atoms with Crippen molar-refractivity contribution in [3.63, 3.8) is 0 Å². The quantitative estimate of drug-likeness (QED) is 0.869. The number of rotatable bonds is 3. The van der Waals surface area contributed by atoms with Crippen LogP contribution in [0, 0.1) is 0 Å². The first kappa shape index (κ1) is 17.1. The molecule has 1 fully saturated rings. The monoisotopic (exact) mass is 320 g/mol.